The van der Waals surface area contributed by atoms with Crippen LogP contribution < -0.4 is 10.5 Å². The smallest absolute Gasteiger partial charge is 0.0377 e. The van der Waals surface area contributed by atoms with Gasteiger partial charge in [0.15, 0.2) is 0 Å². The Hall–Kier alpha value is -2.29. The van der Waals surface area contributed by atoms with Gasteiger partial charge in [-0.15, -0.1) is 0 Å². The molecule has 0 aromatic heterocycles. The topological polar surface area (TPSA) is 47.5 Å². The highest BCUT2D eigenvalue weighted by Crippen LogP contribution is 2.10. The number of hydrogen-bond donors (Lipinski definition) is 1. The predicted molar refractivity (Wildman–Crippen MR) is 67.1 cm³/mol. The van der Waals surface area contributed by atoms with Crippen LogP contribution in [0.3, 0.4) is 0 Å². The summed E-state index contributed by atoms with van der Waals surface area (Å²) in [6.45, 7) is 1.89. The number of benzene rings is 1. The summed E-state index contributed by atoms with van der Waals surface area (Å²) in [7, 11) is 0. The molecule has 0 aliphatic heterocycles. The Morgan fingerprint density at radius 2 is 1.76 bits per heavy atom. The van der Waals surface area contributed by atoms with Crippen molar-refractivity contribution in [1.29, 1.82) is 0 Å². The molecule has 1 N–H and O–H groups in total. The maximum Gasteiger partial charge on any atom is 0.0377 e. The molecule has 1 aromatic rings. The van der Waals surface area contributed by atoms with Gasteiger partial charge in [-0.25, -0.2) is 0 Å². The van der Waals surface area contributed by atoms with Gasteiger partial charge in [0.2, 0.25) is 0 Å². The summed E-state index contributed by atoms with van der Waals surface area (Å²) in [6, 6.07) is 8.98. The van der Waals surface area contributed by atoms with E-state index in [-0.39, 0.29) is 5.90 Å². The van der Waals surface area contributed by atoms with Gasteiger partial charge in [-0.1, -0.05) is 54.6 Å². The van der Waals surface area contributed by atoms with E-state index in [0.717, 1.165) is 11.3 Å². The molecule has 86 valence electrons. The Labute approximate surface area is 100 Å². The standard InChI is InChI=1S/C14H14N2O/c1-11(12-7-5-6-8-12)15-16-14(17)13-9-3-2-4-10-13/h2-10,15H,1H3,(H,16,17)/p-1. The average Bonchev–Trinajstić information content (AvgIpc) is 2.90. The van der Waals surface area contributed by atoms with E-state index in [2.05, 4.69) is 10.5 Å². The fraction of sp³-hybridized carbons (Fsp3) is 0.0714. The molecule has 1 aliphatic rings. The summed E-state index contributed by atoms with van der Waals surface area (Å²) in [5.74, 6) is -0.267. The Morgan fingerprint density at radius 1 is 1.12 bits per heavy atom. The van der Waals surface area contributed by atoms with Gasteiger partial charge in [0.1, 0.15) is 0 Å². The quantitative estimate of drug-likeness (QED) is 0.483. The number of rotatable bonds is 3. The second-order valence-electron chi connectivity index (χ2n) is 3.69. The highest BCUT2D eigenvalue weighted by Gasteiger charge is 1.97. The van der Waals surface area contributed by atoms with Crippen LogP contribution in [0.15, 0.2) is 71.0 Å². The minimum Gasteiger partial charge on any atom is -0.857 e. The Balaban J connectivity index is 2.09. The predicted octanol–water partition coefficient (Wildman–Crippen LogP) is 1.70. The van der Waals surface area contributed by atoms with Crippen molar-refractivity contribution in [3.05, 3.63) is 71.5 Å². The maximum absolute atomic E-state index is 11.7. The van der Waals surface area contributed by atoms with Crippen LogP contribution in [-0.2, 0) is 0 Å². The molecule has 0 fully saturated rings. The lowest BCUT2D eigenvalue weighted by atomic mass is 10.2. The molecule has 0 amide bonds. The molecule has 1 aromatic carbocycles. The van der Waals surface area contributed by atoms with Gasteiger partial charge in [0.05, 0.1) is 0 Å². The molecule has 17 heavy (non-hydrogen) atoms. The first-order valence-corrected chi connectivity index (χ1v) is 5.39. The number of hydrazone groups is 1. The Bertz CT molecular complexity index is 496. The molecule has 0 bridgehead atoms. The van der Waals surface area contributed by atoms with Crippen molar-refractivity contribution in [2.24, 2.45) is 5.10 Å². The van der Waals surface area contributed by atoms with Gasteiger partial charge in [0, 0.05) is 11.6 Å². The second-order valence-corrected chi connectivity index (χ2v) is 3.69. The number of nitrogens with zero attached hydrogens (tertiary/aromatic N) is 1. The zero-order valence-corrected chi connectivity index (χ0v) is 9.55. The molecular weight excluding hydrogens is 212 g/mol. The molecule has 0 saturated carbocycles. The van der Waals surface area contributed by atoms with Crippen molar-refractivity contribution >= 4 is 5.90 Å². The molecular formula is C14H13N2O-. The molecule has 1 aliphatic carbocycles. The first kappa shape index (κ1) is 11.2. The van der Waals surface area contributed by atoms with E-state index in [9.17, 15) is 5.11 Å². The van der Waals surface area contributed by atoms with E-state index in [1.54, 1.807) is 12.1 Å². The van der Waals surface area contributed by atoms with Crippen LogP contribution in [0.2, 0.25) is 0 Å². The highest BCUT2D eigenvalue weighted by atomic mass is 16.3. The maximum atomic E-state index is 11.7. The minimum atomic E-state index is -0.267. The van der Waals surface area contributed by atoms with Crippen molar-refractivity contribution < 1.29 is 5.11 Å². The molecule has 0 spiro atoms. The average molecular weight is 225 g/mol. The van der Waals surface area contributed by atoms with E-state index < -0.39 is 0 Å². The number of nitrogens with one attached hydrogen (secondary N) is 1. The molecule has 0 saturated heterocycles. The number of allylic oxidation sites excluding steroid dienone is 6. The lowest BCUT2D eigenvalue weighted by Crippen LogP contribution is -2.22. The summed E-state index contributed by atoms with van der Waals surface area (Å²) >= 11 is 0. The summed E-state index contributed by atoms with van der Waals surface area (Å²) in [6.07, 6.45) is 7.81. The largest absolute Gasteiger partial charge is 0.857 e. The third-order valence-electron chi connectivity index (χ3n) is 2.44. The van der Waals surface area contributed by atoms with Gasteiger partial charge >= 0.3 is 0 Å². The summed E-state index contributed by atoms with van der Waals surface area (Å²) in [5, 5.41) is 15.5. The normalized spacial score (nSPS) is 14.2. The molecule has 0 heterocycles. The molecule has 0 atom stereocenters. The second kappa shape index (κ2) is 5.16. The van der Waals surface area contributed by atoms with Gasteiger partial charge in [-0.05, 0) is 18.1 Å². The van der Waals surface area contributed by atoms with E-state index in [1.165, 1.54) is 0 Å². The molecule has 3 nitrogen and oxygen atoms in total. The van der Waals surface area contributed by atoms with E-state index in [4.69, 9.17) is 0 Å². The van der Waals surface area contributed by atoms with Crippen molar-refractivity contribution in [1.82, 2.24) is 5.43 Å². The Kier molecular flexibility index (Phi) is 3.40. The third kappa shape index (κ3) is 2.84. The Morgan fingerprint density at radius 3 is 2.41 bits per heavy atom. The lowest BCUT2D eigenvalue weighted by molar-refractivity contribution is -0.213. The van der Waals surface area contributed by atoms with Crippen molar-refractivity contribution in [2.75, 3.05) is 0 Å². The van der Waals surface area contributed by atoms with Gasteiger partial charge < -0.3 is 5.11 Å². The molecule has 3 heteroatoms. The summed E-state index contributed by atoms with van der Waals surface area (Å²) in [4.78, 5) is 0. The fourth-order valence-electron chi connectivity index (χ4n) is 1.47. The third-order valence-corrected chi connectivity index (χ3v) is 2.44. The zero-order chi connectivity index (χ0) is 12.1. The van der Waals surface area contributed by atoms with Crippen LogP contribution in [0, 0.1) is 0 Å². The first-order chi connectivity index (χ1) is 8.27. The highest BCUT2D eigenvalue weighted by molar-refractivity contribution is 5.90. The minimum absolute atomic E-state index is 0.267. The van der Waals surface area contributed by atoms with Crippen molar-refractivity contribution in [3.63, 3.8) is 0 Å². The van der Waals surface area contributed by atoms with E-state index in [1.807, 2.05) is 49.4 Å². The van der Waals surface area contributed by atoms with Crippen LogP contribution in [-0.4, -0.2) is 5.90 Å². The molecule has 0 radical (unpaired) electrons. The first-order valence-electron chi connectivity index (χ1n) is 5.39. The van der Waals surface area contributed by atoms with Crippen LogP contribution >= 0.6 is 0 Å². The van der Waals surface area contributed by atoms with Crippen LogP contribution in [0.5, 0.6) is 0 Å². The zero-order valence-electron chi connectivity index (χ0n) is 9.55. The SMILES string of the molecule is CC(NN=C([O-])c1ccccc1)=C1C=CC=C1. The van der Waals surface area contributed by atoms with Crippen LogP contribution in [0.25, 0.3) is 0 Å². The summed E-state index contributed by atoms with van der Waals surface area (Å²) in [5.41, 5.74) is 5.25. The van der Waals surface area contributed by atoms with Crippen LogP contribution in [0.4, 0.5) is 0 Å². The van der Waals surface area contributed by atoms with Gasteiger partial charge in [0.25, 0.3) is 0 Å². The fourth-order valence-corrected chi connectivity index (χ4v) is 1.47. The van der Waals surface area contributed by atoms with Gasteiger partial charge in [-0.2, -0.15) is 5.10 Å². The summed E-state index contributed by atoms with van der Waals surface area (Å²) < 4.78 is 0. The van der Waals surface area contributed by atoms with Crippen LogP contribution in [0.1, 0.15) is 12.5 Å². The molecule has 2 rings (SSSR count). The monoisotopic (exact) mass is 225 g/mol. The lowest BCUT2D eigenvalue weighted by Gasteiger charge is -2.11. The van der Waals surface area contributed by atoms with E-state index >= 15 is 0 Å². The van der Waals surface area contributed by atoms with E-state index in [0.29, 0.717) is 5.56 Å². The van der Waals surface area contributed by atoms with Gasteiger partial charge in [-0.3, -0.25) is 5.43 Å². The number of hydrogen-bond acceptors (Lipinski definition) is 3. The van der Waals surface area contributed by atoms with Crippen molar-refractivity contribution in [2.45, 2.75) is 6.92 Å². The van der Waals surface area contributed by atoms with Crippen molar-refractivity contribution in [3.8, 4) is 0 Å². The molecule has 0 unspecified atom stereocenters.